The molecule has 0 aliphatic heterocycles. The molecule has 0 atom stereocenters. The summed E-state index contributed by atoms with van der Waals surface area (Å²) in [6.07, 6.45) is 3.18. The van der Waals surface area contributed by atoms with E-state index in [1.54, 1.807) is 12.3 Å². The smallest absolute Gasteiger partial charge is 0.325 e. The number of amides is 1. The van der Waals surface area contributed by atoms with Crippen LogP contribution in [-0.2, 0) is 21.5 Å². The number of nitrogens with one attached hydrogen (secondary N) is 1. The predicted octanol–water partition coefficient (Wildman–Crippen LogP) is 2.25. The quantitative estimate of drug-likeness (QED) is 0.886. The molecule has 6 heteroatoms. The molecule has 23 heavy (non-hydrogen) atoms. The number of aliphatic carboxylic acids is 1. The van der Waals surface area contributed by atoms with Crippen molar-refractivity contribution in [1.82, 2.24) is 9.78 Å². The molecule has 1 amide bonds. The lowest BCUT2D eigenvalue weighted by Gasteiger charge is -2.16. The minimum Gasteiger partial charge on any atom is -0.480 e. The maximum atomic E-state index is 12.7. The molecule has 6 nitrogen and oxygen atoms in total. The van der Waals surface area contributed by atoms with Gasteiger partial charge in [0.1, 0.15) is 6.54 Å². The number of anilines is 1. The van der Waals surface area contributed by atoms with Gasteiger partial charge in [0, 0.05) is 12.3 Å². The SMILES string of the molecule is Cc1cc(C)cc(C2(C(=O)Nc3ccn(CC(=O)O)n3)CC2)c1. The largest absolute Gasteiger partial charge is 0.480 e. The molecule has 2 aromatic rings. The average molecular weight is 313 g/mol. The third-order valence-corrected chi connectivity index (χ3v) is 4.14. The first-order chi connectivity index (χ1) is 10.9. The lowest BCUT2D eigenvalue weighted by atomic mass is 9.92. The van der Waals surface area contributed by atoms with Crippen LogP contribution in [0.5, 0.6) is 0 Å². The minimum absolute atomic E-state index is 0.0805. The number of rotatable bonds is 5. The zero-order chi connectivity index (χ0) is 16.6. The van der Waals surface area contributed by atoms with E-state index in [2.05, 4.69) is 28.6 Å². The van der Waals surface area contributed by atoms with Crippen LogP contribution in [0.1, 0.15) is 29.5 Å². The van der Waals surface area contributed by atoms with Crippen molar-refractivity contribution in [2.75, 3.05) is 5.32 Å². The van der Waals surface area contributed by atoms with Gasteiger partial charge in [-0.15, -0.1) is 0 Å². The van der Waals surface area contributed by atoms with Crippen LogP contribution in [0.15, 0.2) is 30.5 Å². The Morgan fingerprint density at radius 2 is 1.91 bits per heavy atom. The molecule has 3 rings (SSSR count). The topological polar surface area (TPSA) is 84.2 Å². The number of carbonyl (C=O) groups is 2. The second-order valence-corrected chi connectivity index (χ2v) is 6.20. The molecule has 1 aliphatic rings. The zero-order valence-electron chi connectivity index (χ0n) is 13.2. The number of aromatic nitrogens is 2. The maximum absolute atomic E-state index is 12.7. The Balaban J connectivity index is 1.77. The number of carboxylic acids is 1. The van der Waals surface area contributed by atoms with E-state index in [9.17, 15) is 9.59 Å². The van der Waals surface area contributed by atoms with Crippen molar-refractivity contribution in [2.24, 2.45) is 0 Å². The van der Waals surface area contributed by atoms with Crippen molar-refractivity contribution in [3.63, 3.8) is 0 Å². The monoisotopic (exact) mass is 313 g/mol. The number of nitrogens with zero attached hydrogens (tertiary/aromatic N) is 2. The molecule has 0 unspecified atom stereocenters. The normalized spacial score (nSPS) is 15.2. The molecule has 1 aromatic heterocycles. The summed E-state index contributed by atoms with van der Waals surface area (Å²) in [6, 6.07) is 7.81. The summed E-state index contributed by atoms with van der Waals surface area (Å²) in [5, 5.41) is 15.6. The second-order valence-electron chi connectivity index (χ2n) is 6.20. The number of benzene rings is 1. The highest BCUT2D eigenvalue weighted by molar-refractivity contribution is 6.00. The van der Waals surface area contributed by atoms with Crippen molar-refractivity contribution < 1.29 is 14.7 Å². The zero-order valence-corrected chi connectivity index (χ0v) is 13.2. The van der Waals surface area contributed by atoms with Crippen molar-refractivity contribution >= 4 is 17.7 Å². The van der Waals surface area contributed by atoms with Crippen LogP contribution >= 0.6 is 0 Å². The van der Waals surface area contributed by atoms with Gasteiger partial charge in [0.2, 0.25) is 5.91 Å². The standard InChI is InChI=1S/C17H19N3O3/c1-11-7-12(2)9-13(8-11)17(4-5-17)16(23)18-14-3-6-20(19-14)10-15(21)22/h3,6-9H,4-5,10H2,1-2H3,(H,21,22)(H,18,19,23). The molecule has 0 spiro atoms. The molecule has 1 saturated carbocycles. The van der Waals surface area contributed by atoms with Crippen molar-refractivity contribution in [2.45, 2.75) is 38.6 Å². The Hall–Kier alpha value is -2.63. The number of aryl methyl sites for hydroxylation is 2. The molecule has 0 bridgehead atoms. The van der Waals surface area contributed by atoms with Crippen LogP contribution < -0.4 is 5.32 Å². The van der Waals surface area contributed by atoms with E-state index in [0.717, 1.165) is 29.5 Å². The Morgan fingerprint density at radius 3 is 2.48 bits per heavy atom. The molecule has 0 saturated heterocycles. The first-order valence-corrected chi connectivity index (χ1v) is 7.54. The molecular weight excluding hydrogens is 294 g/mol. The summed E-state index contributed by atoms with van der Waals surface area (Å²) in [5.74, 6) is -0.671. The Morgan fingerprint density at radius 1 is 1.26 bits per heavy atom. The first kappa shape index (κ1) is 15.3. The molecule has 1 heterocycles. The van der Waals surface area contributed by atoms with Gasteiger partial charge in [-0.2, -0.15) is 5.10 Å². The minimum atomic E-state index is -0.972. The van der Waals surface area contributed by atoms with E-state index in [-0.39, 0.29) is 12.5 Å². The molecule has 0 radical (unpaired) electrons. The summed E-state index contributed by atoms with van der Waals surface area (Å²) >= 11 is 0. The number of hydrogen-bond acceptors (Lipinski definition) is 3. The van der Waals surface area contributed by atoms with Crippen LogP contribution in [0.3, 0.4) is 0 Å². The molecule has 1 aromatic carbocycles. The summed E-state index contributed by atoms with van der Waals surface area (Å²) < 4.78 is 1.29. The summed E-state index contributed by atoms with van der Waals surface area (Å²) in [6.45, 7) is 3.83. The summed E-state index contributed by atoms with van der Waals surface area (Å²) in [7, 11) is 0. The summed E-state index contributed by atoms with van der Waals surface area (Å²) in [4.78, 5) is 23.3. The number of carboxylic acid groups (broad SMARTS) is 1. The van der Waals surface area contributed by atoms with Crippen molar-refractivity contribution in [3.05, 3.63) is 47.2 Å². The number of carbonyl (C=O) groups excluding carboxylic acids is 1. The second kappa shape index (κ2) is 5.53. The first-order valence-electron chi connectivity index (χ1n) is 7.54. The third-order valence-electron chi connectivity index (χ3n) is 4.14. The van der Waals surface area contributed by atoms with Gasteiger partial charge in [0.15, 0.2) is 5.82 Å². The van der Waals surface area contributed by atoms with Gasteiger partial charge in [-0.25, -0.2) is 0 Å². The van der Waals surface area contributed by atoms with E-state index in [0.29, 0.717) is 5.82 Å². The van der Waals surface area contributed by atoms with Gasteiger partial charge >= 0.3 is 5.97 Å². The van der Waals surface area contributed by atoms with Crippen LogP contribution in [-0.4, -0.2) is 26.8 Å². The highest BCUT2D eigenvalue weighted by atomic mass is 16.4. The van der Waals surface area contributed by atoms with E-state index < -0.39 is 11.4 Å². The fraction of sp³-hybridized carbons (Fsp3) is 0.353. The van der Waals surface area contributed by atoms with E-state index in [1.165, 1.54) is 4.68 Å². The highest BCUT2D eigenvalue weighted by Crippen LogP contribution is 2.49. The fourth-order valence-corrected chi connectivity index (χ4v) is 2.91. The van der Waals surface area contributed by atoms with E-state index in [4.69, 9.17) is 5.11 Å². The third kappa shape index (κ3) is 3.11. The van der Waals surface area contributed by atoms with Gasteiger partial charge in [-0.1, -0.05) is 29.3 Å². The molecule has 2 N–H and O–H groups in total. The highest BCUT2D eigenvalue weighted by Gasteiger charge is 2.51. The van der Waals surface area contributed by atoms with Gasteiger partial charge in [0.25, 0.3) is 0 Å². The average Bonchev–Trinajstić information content (AvgIpc) is 3.15. The lowest BCUT2D eigenvalue weighted by molar-refractivity contribution is -0.137. The van der Waals surface area contributed by atoms with Crippen LogP contribution in [0, 0.1) is 13.8 Å². The Kier molecular flexibility index (Phi) is 3.67. The fourth-order valence-electron chi connectivity index (χ4n) is 2.91. The molecular formula is C17H19N3O3. The van der Waals surface area contributed by atoms with E-state index in [1.807, 2.05) is 13.8 Å². The molecule has 1 aliphatic carbocycles. The molecule has 1 fully saturated rings. The van der Waals surface area contributed by atoms with Crippen LogP contribution in [0.4, 0.5) is 5.82 Å². The van der Waals surface area contributed by atoms with Gasteiger partial charge in [-0.3, -0.25) is 14.3 Å². The predicted molar refractivity (Wildman–Crippen MR) is 85.3 cm³/mol. The summed E-state index contributed by atoms with van der Waals surface area (Å²) in [5.41, 5.74) is 2.85. The Labute approximate surface area is 134 Å². The number of hydrogen-bond donors (Lipinski definition) is 2. The van der Waals surface area contributed by atoms with Crippen molar-refractivity contribution in [3.8, 4) is 0 Å². The lowest BCUT2D eigenvalue weighted by Crippen LogP contribution is -2.28. The van der Waals surface area contributed by atoms with Gasteiger partial charge in [-0.05, 0) is 32.3 Å². The van der Waals surface area contributed by atoms with Crippen molar-refractivity contribution in [1.29, 1.82) is 0 Å². The maximum Gasteiger partial charge on any atom is 0.325 e. The van der Waals surface area contributed by atoms with E-state index >= 15 is 0 Å². The Bertz CT molecular complexity index is 755. The van der Waals surface area contributed by atoms with Gasteiger partial charge in [0.05, 0.1) is 5.41 Å². The van der Waals surface area contributed by atoms with Crippen LogP contribution in [0.25, 0.3) is 0 Å². The molecule has 120 valence electrons. The van der Waals surface area contributed by atoms with Gasteiger partial charge < -0.3 is 10.4 Å². The van der Waals surface area contributed by atoms with Crippen LogP contribution in [0.2, 0.25) is 0 Å².